The Morgan fingerprint density at radius 2 is 2.11 bits per heavy atom. The highest BCUT2D eigenvalue weighted by atomic mass is 32.2. The van der Waals surface area contributed by atoms with Crippen LogP contribution in [0.4, 0.5) is 0 Å². The van der Waals surface area contributed by atoms with E-state index in [0.717, 1.165) is 24.5 Å². The fraction of sp³-hybridized carbons (Fsp3) is 0.444. The zero-order valence-corrected chi connectivity index (χ0v) is 16.0. The van der Waals surface area contributed by atoms with Crippen LogP contribution in [0, 0.1) is 0 Å². The number of β-amino-alcohol motifs (C(OH)–C–C–N with tert-alkyl or cyclic N) is 1. The van der Waals surface area contributed by atoms with E-state index in [9.17, 15) is 4.79 Å². The van der Waals surface area contributed by atoms with Crippen LogP contribution >= 0.6 is 11.8 Å². The Labute approximate surface area is 162 Å². The maximum absolute atomic E-state index is 12.5. The predicted molar refractivity (Wildman–Crippen MR) is 104 cm³/mol. The molecule has 2 aromatic heterocycles. The molecule has 2 aromatic rings. The summed E-state index contributed by atoms with van der Waals surface area (Å²) in [5, 5.41) is 18.2. The summed E-state index contributed by atoms with van der Waals surface area (Å²) in [6, 6.07) is 3.79. The number of amides is 1. The van der Waals surface area contributed by atoms with Crippen molar-refractivity contribution < 1.29 is 9.90 Å². The van der Waals surface area contributed by atoms with Crippen molar-refractivity contribution in [1.29, 1.82) is 0 Å². The average molecular weight is 388 g/mol. The summed E-state index contributed by atoms with van der Waals surface area (Å²) in [7, 11) is 0. The molecule has 0 atom stereocenters. The molecule has 144 valence electrons. The van der Waals surface area contributed by atoms with Crippen LogP contribution in [0.5, 0.6) is 0 Å². The molecule has 1 aliphatic rings. The number of nitrogens with zero attached hydrogens (tertiary/aromatic N) is 6. The maximum Gasteiger partial charge on any atom is 0.233 e. The summed E-state index contributed by atoms with van der Waals surface area (Å²) < 4.78 is 1.95. The average Bonchev–Trinajstić information content (AvgIpc) is 3.10. The molecule has 0 aliphatic carbocycles. The second-order valence-corrected chi connectivity index (χ2v) is 7.12. The van der Waals surface area contributed by atoms with Crippen molar-refractivity contribution in [2.75, 3.05) is 45.1 Å². The van der Waals surface area contributed by atoms with E-state index in [1.807, 2.05) is 21.6 Å². The van der Waals surface area contributed by atoms with E-state index >= 15 is 0 Å². The van der Waals surface area contributed by atoms with Gasteiger partial charge in [-0.3, -0.25) is 19.2 Å². The van der Waals surface area contributed by atoms with E-state index < -0.39 is 0 Å². The number of piperazine rings is 1. The minimum Gasteiger partial charge on any atom is -0.395 e. The quantitative estimate of drug-likeness (QED) is 0.527. The highest BCUT2D eigenvalue weighted by Crippen LogP contribution is 2.24. The van der Waals surface area contributed by atoms with Gasteiger partial charge in [0.1, 0.15) is 0 Å². The first-order valence-corrected chi connectivity index (χ1v) is 9.89. The van der Waals surface area contributed by atoms with Gasteiger partial charge in [0.2, 0.25) is 5.91 Å². The van der Waals surface area contributed by atoms with Gasteiger partial charge in [0.15, 0.2) is 11.0 Å². The highest BCUT2D eigenvalue weighted by molar-refractivity contribution is 7.99. The summed E-state index contributed by atoms with van der Waals surface area (Å²) in [6.45, 7) is 8.18. The zero-order chi connectivity index (χ0) is 19.1. The highest BCUT2D eigenvalue weighted by Gasteiger charge is 2.22. The van der Waals surface area contributed by atoms with E-state index in [0.29, 0.717) is 37.1 Å². The first-order valence-electron chi connectivity index (χ1n) is 8.91. The Bertz CT molecular complexity index is 758. The third-order valence-electron chi connectivity index (χ3n) is 4.41. The summed E-state index contributed by atoms with van der Waals surface area (Å²) in [4.78, 5) is 20.7. The largest absolute Gasteiger partial charge is 0.395 e. The van der Waals surface area contributed by atoms with Gasteiger partial charge in [-0.05, 0) is 12.1 Å². The van der Waals surface area contributed by atoms with Crippen LogP contribution in [0.25, 0.3) is 11.4 Å². The predicted octanol–water partition coefficient (Wildman–Crippen LogP) is 0.755. The van der Waals surface area contributed by atoms with Crippen LogP contribution in [0.2, 0.25) is 0 Å². The van der Waals surface area contributed by atoms with Crippen molar-refractivity contribution in [3.63, 3.8) is 0 Å². The minimum absolute atomic E-state index is 0.0970. The second-order valence-electron chi connectivity index (χ2n) is 6.18. The molecule has 0 radical (unpaired) electrons. The zero-order valence-electron chi connectivity index (χ0n) is 15.2. The smallest absolute Gasteiger partial charge is 0.233 e. The Kier molecular flexibility index (Phi) is 6.97. The molecular formula is C18H24N6O2S. The normalized spacial score (nSPS) is 15.1. The minimum atomic E-state index is 0.0970. The Balaban J connectivity index is 1.62. The lowest BCUT2D eigenvalue weighted by atomic mass is 10.3. The number of carbonyl (C=O) groups excluding carboxylic acids is 1. The summed E-state index contributed by atoms with van der Waals surface area (Å²) in [5.41, 5.74) is 0.880. The number of rotatable bonds is 8. The van der Waals surface area contributed by atoms with Crippen molar-refractivity contribution in [2.24, 2.45) is 0 Å². The van der Waals surface area contributed by atoms with Crippen LogP contribution in [-0.2, 0) is 11.3 Å². The number of thioether (sulfide) groups is 1. The van der Waals surface area contributed by atoms with Gasteiger partial charge in [-0.2, -0.15) is 0 Å². The van der Waals surface area contributed by atoms with E-state index in [1.165, 1.54) is 11.8 Å². The van der Waals surface area contributed by atoms with E-state index in [2.05, 4.69) is 26.7 Å². The number of aliphatic hydroxyl groups is 1. The molecule has 3 rings (SSSR count). The van der Waals surface area contributed by atoms with E-state index in [1.54, 1.807) is 18.5 Å². The number of aromatic nitrogens is 4. The number of hydrogen-bond donors (Lipinski definition) is 1. The van der Waals surface area contributed by atoms with Gasteiger partial charge in [-0.25, -0.2) is 0 Å². The Hall–Kier alpha value is -2.23. The number of hydrogen-bond acceptors (Lipinski definition) is 7. The second kappa shape index (κ2) is 9.63. The van der Waals surface area contributed by atoms with Gasteiger partial charge in [0.05, 0.1) is 12.4 Å². The van der Waals surface area contributed by atoms with Gasteiger partial charge in [-0.15, -0.1) is 16.8 Å². The van der Waals surface area contributed by atoms with Crippen molar-refractivity contribution in [3.8, 4) is 11.4 Å². The molecule has 0 spiro atoms. The fourth-order valence-electron chi connectivity index (χ4n) is 2.98. The molecule has 3 heterocycles. The molecule has 1 fully saturated rings. The van der Waals surface area contributed by atoms with Crippen LogP contribution in [0.1, 0.15) is 0 Å². The van der Waals surface area contributed by atoms with Gasteiger partial charge >= 0.3 is 0 Å². The van der Waals surface area contributed by atoms with Crippen LogP contribution in [-0.4, -0.2) is 85.6 Å². The lowest BCUT2D eigenvalue weighted by Crippen LogP contribution is -2.49. The number of aliphatic hydroxyl groups excluding tert-OH is 1. The molecule has 0 saturated carbocycles. The summed E-state index contributed by atoms with van der Waals surface area (Å²) >= 11 is 1.39. The van der Waals surface area contributed by atoms with E-state index in [4.69, 9.17) is 5.11 Å². The number of carbonyl (C=O) groups is 1. The fourth-order valence-corrected chi connectivity index (χ4v) is 3.83. The maximum atomic E-state index is 12.5. The molecule has 0 aromatic carbocycles. The standard InChI is InChI=1S/C18H24N6O2S/c1-2-6-24-17(15-4-3-5-19-13-15)20-21-18(24)27-14-16(26)23-9-7-22(8-10-23)11-12-25/h2-5,13,25H,1,6-12,14H2. The van der Waals surface area contributed by atoms with Crippen LogP contribution < -0.4 is 0 Å². The third-order valence-corrected chi connectivity index (χ3v) is 5.37. The van der Waals surface area contributed by atoms with Crippen LogP contribution in [0.15, 0.2) is 42.3 Å². The molecule has 1 amide bonds. The molecule has 1 saturated heterocycles. The number of allylic oxidation sites excluding steroid dienone is 1. The molecule has 8 nitrogen and oxygen atoms in total. The van der Waals surface area contributed by atoms with Crippen molar-refractivity contribution in [1.82, 2.24) is 29.5 Å². The lowest BCUT2D eigenvalue weighted by Gasteiger charge is -2.34. The van der Waals surface area contributed by atoms with Gasteiger partial charge in [0.25, 0.3) is 0 Å². The van der Waals surface area contributed by atoms with Gasteiger partial charge < -0.3 is 10.0 Å². The molecular weight excluding hydrogens is 364 g/mol. The molecule has 9 heteroatoms. The first kappa shape index (κ1) is 19.5. The topological polar surface area (TPSA) is 87.4 Å². The SMILES string of the molecule is C=CCn1c(SCC(=O)N2CCN(CCO)CC2)nnc1-c1cccnc1. The van der Waals surface area contributed by atoms with E-state index in [-0.39, 0.29) is 12.5 Å². The Morgan fingerprint density at radius 3 is 2.78 bits per heavy atom. The van der Waals surface area contributed by atoms with Gasteiger partial charge in [-0.1, -0.05) is 17.8 Å². The molecule has 27 heavy (non-hydrogen) atoms. The first-order chi connectivity index (χ1) is 13.2. The Morgan fingerprint density at radius 1 is 1.30 bits per heavy atom. The molecule has 1 N–H and O–H groups in total. The van der Waals surface area contributed by atoms with Crippen molar-refractivity contribution in [2.45, 2.75) is 11.7 Å². The van der Waals surface area contributed by atoms with Crippen molar-refractivity contribution in [3.05, 3.63) is 37.2 Å². The van der Waals surface area contributed by atoms with Gasteiger partial charge in [0, 0.05) is 57.2 Å². The number of pyridine rings is 1. The monoisotopic (exact) mass is 388 g/mol. The molecule has 0 unspecified atom stereocenters. The summed E-state index contributed by atoms with van der Waals surface area (Å²) in [5.74, 6) is 1.14. The van der Waals surface area contributed by atoms with Crippen LogP contribution in [0.3, 0.4) is 0 Å². The molecule has 0 bridgehead atoms. The lowest BCUT2D eigenvalue weighted by molar-refractivity contribution is -0.130. The third kappa shape index (κ3) is 4.94. The molecule has 1 aliphatic heterocycles. The van der Waals surface area contributed by atoms with Crippen molar-refractivity contribution >= 4 is 17.7 Å². The summed E-state index contributed by atoms with van der Waals surface area (Å²) in [6.07, 6.45) is 5.25.